The first-order valence-electron chi connectivity index (χ1n) is 10.2. The molecule has 0 aliphatic heterocycles. The van der Waals surface area contributed by atoms with Gasteiger partial charge in [-0.2, -0.15) is 0 Å². The van der Waals surface area contributed by atoms with E-state index < -0.39 is 18.1 Å². The third-order valence-corrected chi connectivity index (χ3v) is 6.57. The standard InChI is InChI=1S/C25H22BrNO5/c1-14-10-23(28)15(11-21(14)26)12-22(24(29)30)27-25(31)32-13-20-18-8-4-2-6-16(18)17-7-3-5-9-19(17)20/h2-11,20,22,28H,12-13H2,1H3,(H,27,31)(H,29,30). The number of rotatable bonds is 6. The van der Waals surface area contributed by atoms with E-state index in [9.17, 15) is 19.8 Å². The van der Waals surface area contributed by atoms with Gasteiger partial charge in [0.1, 0.15) is 18.4 Å². The zero-order valence-electron chi connectivity index (χ0n) is 17.3. The van der Waals surface area contributed by atoms with Gasteiger partial charge in [-0.05, 0) is 52.4 Å². The number of phenolic OH excluding ortho intramolecular Hbond substituents is 1. The van der Waals surface area contributed by atoms with E-state index in [4.69, 9.17) is 4.74 Å². The van der Waals surface area contributed by atoms with E-state index in [1.165, 1.54) is 0 Å². The molecule has 6 nitrogen and oxygen atoms in total. The quantitative estimate of drug-likeness (QED) is 0.447. The smallest absolute Gasteiger partial charge is 0.407 e. The molecule has 4 rings (SSSR count). The number of nitrogens with one attached hydrogen (secondary N) is 1. The van der Waals surface area contributed by atoms with E-state index in [1.54, 1.807) is 12.1 Å². The summed E-state index contributed by atoms with van der Waals surface area (Å²) in [5, 5.41) is 22.1. The Balaban J connectivity index is 1.45. The zero-order valence-corrected chi connectivity index (χ0v) is 18.9. The summed E-state index contributed by atoms with van der Waals surface area (Å²) in [6, 6.07) is 17.9. The SMILES string of the molecule is Cc1cc(O)c(CC(NC(=O)OCC2c3ccccc3-c3ccccc32)C(=O)O)cc1Br. The van der Waals surface area contributed by atoms with Crippen LogP contribution in [-0.4, -0.2) is 34.9 Å². The number of carboxylic acid groups (broad SMARTS) is 1. The maximum Gasteiger partial charge on any atom is 0.407 e. The molecule has 1 amide bonds. The van der Waals surface area contributed by atoms with Gasteiger partial charge in [0.15, 0.2) is 0 Å². The Kier molecular flexibility index (Phi) is 6.19. The predicted molar refractivity (Wildman–Crippen MR) is 124 cm³/mol. The lowest BCUT2D eigenvalue weighted by molar-refractivity contribution is -0.139. The highest BCUT2D eigenvalue weighted by Crippen LogP contribution is 2.44. The second-order valence-corrected chi connectivity index (χ2v) is 8.65. The Bertz CT molecular complexity index is 1150. The van der Waals surface area contributed by atoms with Crippen molar-refractivity contribution >= 4 is 28.0 Å². The van der Waals surface area contributed by atoms with Crippen molar-refractivity contribution in [3.05, 3.63) is 87.4 Å². The molecule has 3 N–H and O–H groups in total. The van der Waals surface area contributed by atoms with Gasteiger partial charge in [0.2, 0.25) is 0 Å². The molecule has 0 fully saturated rings. The van der Waals surface area contributed by atoms with Gasteiger partial charge in [0, 0.05) is 16.8 Å². The number of phenols is 1. The molecule has 0 spiro atoms. The highest BCUT2D eigenvalue weighted by Gasteiger charge is 2.30. The fourth-order valence-electron chi connectivity index (χ4n) is 4.07. The van der Waals surface area contributed by atoms with Crippen molar-refractivity contribution in [2.24, 2.45) is 0 Å². The molecule has 32 heavy (non-hydrogen) atoms. The number of hydrogen-bond donors (Lipinski definition) is 3. The van der Waals surface area contributed by atoms with Gasteiger partial charge >= 0.3 is 12.1 Å². The van der Waals surface area contributed by atoms with Crippen molar-refractivity contribution < 1.29 is 24.5 Å². The molecular weight excluding hydrogens is 474 g/mol. The molecule has 0 bridgehead atoms. The van der Waals surface area contributed by atoms with Crippen LogP contribution in [0, 0.1) is 6.92 Å². The molecule has 3 aromatic carbocycles. The van der Waals surface area contributed by atoms with Crippen LogP contribution in [0.4, 0.5) is 4.79 Å². The first kappa shape index (κ1) is 21.9. The van der Waals surface area contributed by atoms with Crippen LogP contribution in [0.2, 0.25) is 0 Å². The molecule has 0 heterocycles. The maximum atomic E-state index is 12.5. The number of benzene rings is 3. The van der Waals surface area contributed by atoms with Crippen LogP contribution in [0.25, 0.3) is 11.1 Å². The lowest BCUT2D eigenvalue weighted by Crippen LogP contribution is -2.42. The van der Waals surface area contributed by atoms with Crippen molar-refractivity contribution in [2.75, 3.05) is 6.61 Å². The second-order valence-electron chi connectivity index (χ2n) is 7.79. The summed E-state index contributed by atoms with van der Waals surface area (Å²) in [5.41, 5.74) is 5.61. The van der Waals surface area contributed by atoms with Crippen LogP contribution in [0.15, 0.2) is 65.1 Å². The molecule has 3 aromatic rings. The third kappa shape index (κ3) is 4.34. The Hall–Kier alpha value is -3.32. The number of fused-ring (bicyclic) bond motifs is 3. The van der Waals surface area contributed by atoms with Crippen LogP contribution in [-0.2, 0) is 16.0 Å². The molecule has 0 aromatic heterocycles. The van der Waals surface area contributed by atoms with E-state index in [2.05, 4.69) is 21.2 Å². The van der Waals surface area contributed by atoms with Crippen molar-refractivity contribution in [1.29, 1.82) is 0 Å². The lowest BCUT2D eigenvalue weighted by Gasteiger charge is -2.18. The topological polar surface area (TPSA) is 95.9 Å². The number of alkyl carbamates (subject to hydrolysis) is 1. The van der Waals surface area contributed by atoms with Crippen molar-refractivity contribution in [3.8, 4) is 16.9 Å². The van der Waals surface area contributed by atoms with Crippen LogP contribution >= 0.6 is 15.9 Å². The fourth-order valence-corrected chi connectivity index (χ4v) is 4.46. The Morgan fingerprint density at radius 2 is 1.66 bits per heavy atom. The van der Waals surface area contributed by atoms with Crippen LogP contribution in [0.5, 0.6) is 5.75 Å². The van der Waals surface area contributed by atoms with Crippen LogP contribution in [0.3, 0.4) is 0 Å². The first-order valence-corrected chi connectivity index (χ1v) is 11.0. The number of halogens is 1. The van der Waals surface area contributed by atoms with Crippen molar-refractivity contribution in [3.63, 3.8) is 0 Å². The van der Waals surface area contributed by atoms with Gasteiger partial charge in [-0.3, -0.25) is 0 Å². The summed E-state index contributed by atoms with van der Waals surface area (Å²) < 4.78 is 6.19. The lowest BCUT2D eigenvalue weighted by atomic mass is 9.98. The summed E-state index contributed by atoms with van der Waals surface area (Å²) in [5.74, 6) is -1.35. The van der Waals surface area contributed by atoms with Gasteiger partial charge in [-0.1, -0.05) is 64.5 Å². The predicted octanol–water partition coefficient (Wildman–Crippen LogP) is 5.00. The van der Waals surface area contributed by atoms with Crippen LogP contribution in [0.1, 0.15) is 28.2 Å². The summed E-state index contributed by atoms with van der Waals surface area (Å²) in [6.45, 7) is 1.91. The molecule has 0 radical (unpaired) electrons. The monoisotopic (exact) mass is 495 g/mol. The van der Waals surface area contributed by atoms with E-state index in [0.29, 0.717) is 5.56 Å². The molecule has 0 saturated heterocycles. The summed E-state index contributed by atoms with van der Waals surface area (Å²) >= 11 is 3.38. The summed E-state index contributed by atoms with van der Waals surface area (Å²) in [6.07, 6.45) is -0.894. The van der Waals surface area contributed by atoms with Gasteiger partial charge < -0.3 is 20.3 Å². The maximum absolute atomic E-state index is 12.5. The average molecular weight is 496 g/mol. The molecule has 164 valence electrons. The number of amides is 1. The second kappa shape index (κ2) is 9.04. The molecular formula is C25H22BrNO5. The van der Waals surface area contributed by atoms with Gasteiger partial charge in [-0.15, -0.1) is 0 Å². The molecule has 1 atom stereocenters. The average Bonchev–Trinajstić information content (AvgIpc) is 3.09. The molecule has 1 aliphatic rings. The molecule has 0 saturated carbocycles. The Morgan fingerprint density at radius 1 is 1.06 bits per heavy atom. The Morgan fingerprint density at radius 3 is 2.25 bits per heavy atom. The summed E-state index contributed by atoms with van der Waals surface area (Å²) in [4.78, 5) is 24.2. The third-order valence-electron chi connectivity index (χ3n) is 5.72. The van der Waals surface area contributed by atoms with E-state index >= 15 is 0 Å². The zero-order chi connectivity index (χ0) is 22.8. The number of carboxylic acids is 1. The summed E-state index contributed by atoms with van der Waals surface area (Å²) in [7, 11) is 0. The number of carbonyl (C=O) groups is 2. The minimum Gasteiger partial charge on any atom is -0.508 e. The first-order chi connectivity index (χ1) is 15.3. The van der Waals surface area contributed by atoms with Crippen molar-refractivity contribution in [1.82, 2.24) is 5.32 Å². The molecule has 1 unspecified atom stereocenters. The van der Waals surface area contributed by atoms with E-state index in [0.717, 1.165) is 32.3 Å². The number of carbonyl (C=O) groups excluding carboxylic acids is 1. The normalized spacial score (nSPS) is 13.2. The van der Waals surface area contributed by atoms with Gasteiger partial charge in [0.05, 0.1) is 0 Å². The van der Waals surface area contributed by atoms with Gasteiger partial charge in [0.25, 0.3) is 0 Å². The number of aliphatic carboxylic acids is 1. The van der Waals surface area contributed by atoms with E-state index in [-0.39, 0.29) is 24.7 Å². The highest BCUT2D eigenvalue weighted by atomic mass is 79.9. The largest absolute Gasteiger partial charge is 0.508 e. The highest BCUT2D eigenvalue weighted by molar-refractivity contribution is 9.10. The van der Waals surface area contributed by atoms with Crippen molar-refractivity contribution in [2.45, 2.75) is 25.3 Å². The minimum atomic E-state index is -1.24. The minimum absolute atomic E-state index is 0.0220. The fraction of sp³-hybridized carbons (Fsp3) is 0.200. The molecule has 7 heteroatoms. The van der Waals surface area contributed by atoms with E-state index in [1.807, 2.05) is 55.5 Å². The van der Waals surface area contributed by atoms with Gasteiger partial charge in [-0.25, -0.2) is 9.59 Å². The van der Waals surface area contributed by atoms with Crippen LogP contribution < -0.4 is 5.32 Å². The molecule has 1 aliphatic carbocycles. The number of aryl methyl sites for hydroxylation is 1. The number of aromatic hydroxyl groups is 1. The number of ether oxygens (including phenoxy) is 1. The Labute approximate surface area is 194 Å². The number of hydrogen-bond acceptors (Lipinski definition) is 4.